The summed E-state index contributed by atoms with van der Waals surface area (Å²) in [4.78, 5) is 12.3. The first-order valence-corrected chi connectivity index (χ1v) is 6.56. The van der Waals surface area contributed by atoms with Crippen LogP contribution < -0.4 is 10.6 Å². The highest BCUT2D eigenvalue weighted by atomic mass is 35.5. The number of nitrogens with one attached hydrogen (secondary N) is 2. The first kappa shape index (κ1) is 13.4. The minimum atomic E-state index is -0.207. The monoisotopic (exact) mass is 266 g/mol. The quantitative estimate of drug-likeness (QED) is 0.820. The van der Waals surface area contributed by atoms with Crippen LogP contribution >= 0.6 is 11.6 Å². The van der Waals surface area contributed by atoms with Crippen molar-refractivity contribution in [2.45, 2.75) is 38.8 Å². The summed E-state index contributed by atoms with van der Waals surface area (Å²) in [7, 11) is 0. The fourth-order valence-corrected chi connectivity index (χ4v) is 2.41. The smallest absolute Gasteiger partial charge is 0.229 e. The van der Waals surface area contributed by atoms with E-state index in [-0.39, 0.29) is 17.4 Å². The molecule has 2 N–H and O–H groups in total. The molecule has 0 radical (unpaired) electrons. The van der Waals surface area contributed by atoms with Gasteiger partial charge in [-0.05, 0) is 44.0 Å². The molecular weight excluding hydrogens is 248 g/mol. The second-order valence-electron chi connectivity index (χ2n) is 5.77. The van der Waals surface area contributed by atoms with E-state index in [2.05, 4.69) is 10.6 Å². The Morgan fingerprint density at radius 2 is 2.17 bits per heavy atom. The molecule has 0 fully saturated rings. The predicted octanol–water partition coefficient (Wildman–Crippen LogP) is 2.44. The Kier molecular flexibility index (Phi) is 3.64. The van der Waals surface area contributed by atoms with Crippen LogP contribution in [0, 0.1) is 0 Å². The van der Waals surface area contributed by atoms with E-state index in [9.17, 15) is 4.79 Å². The van der Waals surface area contributed by atoms with E-state index in [1.165, 1.54) is 0 Å². The highest BCUT2D eigenvalue weighted by Gasteiger charge is 2.28. The van der Waals surface area contributed by atoms with Crippen molar-refractivity contribution in [1.29, 1.82) is 0 Å². The SMILES string of the molecule is CC(C)(C)NC(=O)C1CNCc2cc(Cl)ccc21. The van der Waals surface area contributed by atoms with Crippen molar-refractivity contribution >= 4 is 17.5 Å². The van der Waals surface area contributed by atoms with Crippen molar-refractivity contribution in [3.05, 3.63) is 34.3 Å². The maximum absolute atomic E-state index is 12.3. The van der Waals surface area contributed by atoms with Crippen molar-refractivity contribution < 1.29 is 4.79 Å². The first-order chi connectivity index (χ1) is 8.37. The van der Waals surface area contributed by atoms with Crippen LogP contribution in [-0.2, 0) is 11.3 Å². The van der Waals surface area contributed by atoms with Gasteiger partial charge in [0, 0.05) is 23.7 Å². The van der Waals surface area contributed by atoms with Gasteiger partial charge in [-0.3, -0.25) is 4.79 Å². The van der Waals surface area contributed by atoms with Gasteiger partial charge in [-0.2, -0.15) is 0 Å². The molecule has 1 aliphatic rings. The maximum Gasteiger partial charge on any atom is 0.229 e. The summed E-state index contributed by atoms with van der Waals surface area (Å²) >= 11 is 5.98. The number of hydrogen-bond acceptors (Lipinski definition) is 2. The summed E-state index contributed by atoms with van der Waals surface area (Å²) in [6.07, 6.45) is 0. The second kappa shape index (κ2) is 4.90. The van der Waals surface area contributed by atoms with Gasteiger partial charge in [-0.1, -0.05) is 17.7 Å². The molecule has 3 nitrogen and oxygen atoms in total. The van der Waals surface area contributed by atoms with E-state index in [4.69, 9.17) is 11.6 Å². The molecule has 2 rings (SSSR count). The maximum atomic E-state index is 12.3. The van der Waals surface area contributed by atoms with Gasteiger partial charge in [-0.25, -0.2) is 0 Å². The van der Waals surface area contributed by atoms with Crippen molar-refractivity contribution in [3.63, 3.8) is 0 Å². The van der Waals surface area contributed by atoms with Crippen LogP contribution in [0.15, 0.2) is 18.2 Å². The molecule has 0 spiro atoms. The van der Waals surface area contributed by atoms with Crippen molar-refractivity contribution in [2.24, 2.45) is 0 Å². The van der Waals surface area contributed by atoms with Gasteiger partial charge in [-0.15, -0.1) is 0 Å². The van der Waals surface area contributed by atoms with E-state index in [1.807, 2.05) is 39.0 Å². The van der Waals surface area contributed by atoms with Gasteiger partial charge in [0.05, 0.1) is 5.92 Å². The summed E-state index contributed by atoms with van der Waals surface area (Å²) in [6.45, 7) is 7.42. The zero-order valence-corrected chi connectivity index (χ0v) is 11.8. The molecule has 0 aliphatic carbocycles. The van der Waals surface area contributed by atoms with Crippen LogP contribution in [-0.4, -0.2) is 18.0 Å². The Morgan fingerprint density at radius 3 is 2.83 bits per heavy atom. The molecule has 1 aromatic carbocycles. The normalized spacial score (nSPS) is 19.2. The second-order valence-corrected chi connectivity index (χ2v) is 6.20. The van der Waals surface area contributed by atoms with E-state index < -0.39 is 0 Å². The predicted molar refractivity (Wildman–Crippen MR) is 73.8 cm³/mol. The van der Waals surface area contributed by atoms with Crippen molar-refractivity contribution in [2.75, 3.05) is 6.54 Å². The summed E-state index contributed by atoms with van der Waals surface area (Å²) in [5.74, 6) is -0.0662. The van der Waals surface area contributed by atoms with Crippen LogP contribution in [0.5, 0.6) is 0 Å². The third-order valence-corrected chi connectivity index (χ3v) is 3.19. The molecule has 0 aromatic heterocycles. The minimum absolute atomic E-state index is 0.0678. The zero-order valence-electron chi connectivity index (χ0n) is 11.0. The Bertz CT molecular complexity index is 465. The van der Waals surface area contributed by atoms with E-state index in [0.29, 0.717) is 11.6 Å². The van der Waals surface area contributed by atoms with Crippen molar-refractivity contribution in [1.82, 2.24) is 10.6 Å². The average molecular weight is 267 g/mol. The molecule has 1 atom stereocenters. The van der Waals surface area contributed by atoms with Gasteiger partial charge in [0.25, 0.3) is 0 Å². The van der Waals surface area contributed by atoms with Gasteiger partial charge in [0.2, 0.25) is 5.91 Å². The van der Waals surface area contributed by atoms with Crippen LogP contribution in [0.3, 0.4) is 0 Å². The Hall–Kier alpha value is -1.06. The molecule has 0 saturated heterocycles. The summed E-state index contributed by atoms with van der Waals surface area (Å²) in [6, 6.07) is 5.74. The fraction of sp³-hybridized carbons (Fsp3) is 0.500. The van der Waals surface area contributed by atoms with Gasteiger partial charge in [0.1, 0.15) is 0 Å². The molecule has 1 aliphatic heterocycles. The van der Waals surface area contributed by atoms with Gasteiger partial charge >= 0.3 is 0 Å². The molecule has 1 heterocycles. The Labute approximate surface area is 113 Å². The third-order valence-electron chi connectivity index (χ3n) is 2.96. The topological polar surface area (TPSA) is 41.1 Å². The lowest BCUT2D eigenvalue weighted by Gasteiger charge is -2.29. The van der Waals surface area contributed by atoms with E-state index in [1.54, 1.807) is 0 Å². The highest BCUT2D eigenvalue weighted by Crippen LogP contribution is 2.27. The zero-order chi connectivity index (χ0) is 13.3. The summed E-state index contributed by atoms with van der Waals surface area (Å²) in [5, 5.41) is 7.01. The standard InChI is InChI=1S/C14H19ClN2O/c1-14(2,3)17-13(18)12-8-16-7-9-6-10(15)4-5-11(9)12/h4-6,12,16H,7-8H2,1-3H3,(H,17,18). The van der Waals surface area contributed by atoms with Crippen molar-refractivity contribution in [3.8, 4) is 0 Å². The molecule has 4 heteroatoms. The van der Waals surface area contributed by atoms with E-state index >= 15 is 0 Å². The number of hydrogen-bond donors (Lipinski definition) is 2. The van der Waals surface area contributed by atoms with Crippen LogP contribution in [0.1, 0.15) is 37.8 Å². The number of carbonyl (C=O) groups excluding carboxylic acids is 1. The summed E-state index contributed by atoms with van der Waals surface area (Å²) < 4.78 is 0. The van der Waals surface area contributed by atoms with E-state index in [0.717, 1.165) is 17.7 Å². The third kappa shape index (κ3) is 3.03. The molecular formula is C14H19ClN2O. The number of benzene rings is 1. The molecule has 0 saturated carbocycles. The number of halogens is 1. The number of amides is 1. The lowest BCUT2D eigenvalue weighted by molar-refractivity contribution is -0.124. The Balaban J connectivity index is 2.25. The minimum Gasteiger partial charge on any atom is -0.351 e. The van der Waals surface area contributed by atoms with Crippen LogP contribution in [0.4, 0.5) is 0 Å². The van der Waals surface area contributed by atoms with Gasteiger partial charge < -0.3 is 10.6 Å². The number of fused-ring (bicyclic) bond motifs is 1. The molecule has 1 amide bonds. The lowest BCUT2D eigenvalue weighted by atomic mass is 9.89. The molecule has 18 heavy (non-hydrogen) atoms. The Morgan fingerprint density at radius 1 is 1.44 bits per heavy atom. The molecule has 1 unspecified atom stereocenters. The number of rotatable bonds is 1. The molecule has 1 aromatic rings. The lowest BCUT2D eigenvalue weighted by Crippen LogP contribution is -2.46. The average Bonchev–Trinajstić information content (AvgIpc) is 2.25. The summed E-state index contributed by atoms with van der Waals surface area (Å²) in [5.41, 5.74) is 1.99. The highest BCUT2D eigenvalue weighted by molar-refractivity contribution is 6.30. The largest absolute Gasteiger partial charge is 0.351 e. The first-order valence-electron chi connectivity index (χ1n) is 6.18. The van der Waals surface area contributed by atoms with Crippen LogP contribution in [0.25, 0.3) is 0 Å². The molecule has 98 valence electrons. The number of carbonyl (C=O) groups is 1. The molecule has 0 bridgehead atoms. The fourth-order valence-electron chi connectivity index (χ4n) is 2.22. The van der Waals surface area contributed by atoms with Crippen LogP contribution in [0.2, 0.25) is 5.02 Å². The van der Waals surface area contributed by atoms with Gasteiger partial charge in [0.15, 0.2) is 0 Å².